The molecule has 1 aromatic carbocycles. The fourth-order valence-electron chi connectivity index (χ4n) is 4.02. The van der Waals surface area contributed by atoms with Gasteiger partial charge in [-0.15, -0.1) is 0 Å². The molecule has 0 spiro atoms. The van der Waals surface area contributed by atoms with Crippen LogP contribution in [-0.2, 0) is 9.53 Å². The number of morpholine rings is 1. The minimum absolute atomic E-state index is 0.235. The molecule has 0 aliphatic carbocycles. The number of nitrogens with zero attached hydrogens (tertiary/aromatic N) is 5. The number of benzene rings is 1. The topological polar surface area (TPSA) is 105 Å². The largest absolute Gasteiger partial charge is 0.378 e. The zero-order valence-corrected chi connectivity index (χ0v) is 19.4. The van der Waals surface area contributed by atoms with Crippen LogP contribution in [0.25, 0.3) is 22.3 Å². The Morgan fingerprint density at radius 2 is 1.86 bits per heavy atom. The van der Waals surface area contributed by atoms with Crippen LogP contribution in [0.3, 0.4) is 0 Å². The van der Waals surface area contributed by atoms with Crippen LogP contribution in [0.4, 0.5) is 27.7 Å². The molecule has 0 radical (unpaired) electrons. The van der Waals surface area contributed by atoms with E-state index in [9.17, 15) is 9.18 Å². The first-order valence-corrected chi connectivity index (χ1v) is 11.3. The third-order valence-corrected chi connectivity index (χ3v) is 5.66. The van der Waals surface area contributed by atoms with Crippen LogP contribution < -0.4 is 15.5 Å². The first-order chi connectivity index (χ1) is 17.0. The Balaban J connectivity index is 1.64. The third-order valence-electron chi connectivity index (χ3n) is 5.66. The van der Waals surface area contributed by atoms with Crippen molar-refractivity contribution in [1.29, 1.82) is 0 Å². The van der Waals surface area contributed by atoms with Crippen molar-refractivity contribution in [1.82, 2.24) is 19.9 Å². The van der Waals surface area contributed by atoms with Crippen molar-refractivity contribution < 1.29 is 13.9 Å². The Hall–Kier alpha value is -4.18. The maximum absolute atomic E-state index is 14.1. The van der Waals surface area contributed by atoms with Gasteiger partial charge in [-0.1, -0.05) is 6.07 Å². The van der Waals surface area contributed by atoms with Gasteiger partial charge in [0, 0.05) is 49.3 Å². The van der Waals surface area contributed by atoms with Gasteiger partial charge in [-0.2, -0.15) is 9.97 Å². The summed E-state index contributed by atoms with van der Waals surface area (Å²) in [4.78, 5) is 32.1. The summed E-state index contributed by atoms with van der Waals surface area (Å²) < 4.78 is 19.6. The summed E-state index contributed by atoms with van der Waals surface area (Å²) in [6.07, 6.45) is 1.69. The van der Waals surface area contributed by atoms with Gasteiger partial charge >= 0.3 is 0 Å². The van der Waals surface area contributed by atoms with Gasteiger partial charge in [-0.05, 0) is 31.2 Å². The summed E-state index contributed by atoms with van der Waals surface area (Å²) >= 11 is 0. The van der Waals surface area contributed by atoms with E-state index in [4.69, 9.17) is 14.7 Å². The summed E-state index contributed by atoms with van der Waals surface area (Å²) in [5.74, 6) is 0.729. The monoisotopic (exact) mass is 473 g/mol. The molecule has 9 nitrogen and oxygen atoms in total. The molecule has 1 fully saturated rings. The average Bonchev–Trinajstić information content (AvgIpc) is 2.86. The summed E-state index contributed by atoms with van der Waals surface area (Å²) in [5.41, 5.74) is 3.35. The van der Waals surface area contributed by atoms with Crippen LogP contribution in [0.1, 0.15) is 12.5 Å². The first-order valence-electron chi connectivity index (χ1n) is 11.3. The lowest BCUT2D eigenvalue weighted by atomic mass is 10.0. The molecule has 1 aliphatic heterocycles. The maximum atomic E-state index is 14.1. The molecule has 0 atom stereocenters. The van der Waals surface area contributed by atoms with E-state index in [1.54, 1.807) is 18.3 Å². The second kappa shape index (κ2) is 9.59. The Labute approximate surface area is 201 Å². The van der Waals surface area contributed by atoms with Gasteiger partial charge in [0.15, 0.2) is 0 Å². The number of fused-ring (bicyclic) bond motifs is 1. The Kier molecular flexibility index (Phi) is 6.19. The number of anilines is 4. The van der Waals surface area contributed by atoms with E-state index in [-0.39, 0.29) is 11.7 Å². The Bertz CT molecular complexity index is 1390. The number of hydrogen-bond acceptors (Lipinski definition) is 8. The number of amides is 1. The van der Waals surface area contributed by atoms with Gasteiger partial charge < -0.3 is 20.3 Å². The van der Waals surface area contributed by atoms with Crippen molar-refractivity contribution in [2.75, 3.05) is 41.8 Å². The summed E-state index contributed by atoms with van der Waals surface area (Å²) in [7, 11) is 0. The van der Waals surface area contributed by atoms with Gasteiger partial charge in [0.2, 0.25) is 11.9 Å². The maximum Gasteiger partial charge on any atom is 0.229 e. The molecule has 0 saturated carbocycles. The lowest BCUT2D eigenvalue weighted by molar-refractivity contribution is -0.114. The molecular formula is C25H24FN7O2. The van der Waals surface area contributed by atoms with E-state index >= 15 is 0 Å². The minimum Gasteiger partial charge on any atom is -0.378 e. The number of hydrogen-bond donors (Lipinski definition) is 2. The second-order valence-electron chi connectivity index (χ2n) is 8.18. The molecule has 1 amide bonds. The van der Waals surface area contributed by atoms with Crippen LogP contribution >= 0.6 is 0 Å². The molecular weight excluding hydrogens is 449 g/mol. The highest BCUT2D eigenvalue weighted by molar-refractivity contribution is 5.97. The Morgan fingerprint density at radius 3 is 2.60 bits per heavy atom. The fraction of sp³-hybridized carbons (Fsp3) is 0.240. The van der Waals surface area contributed by atoms with E-state index < -0.39 is 0 Å². The van der Waals surface area contributed by atoms with Crippen LogP contribution in [0.5, 0.6) is 0 Å². The van der Waals surface area contributed by atoms with Crippen molar-refractivity contribution >= 4 is 40.1 Å². The van der Waals surface area contributed by atoms with E-state index in [0.29, 0.717) is 60.8 Å². The minimum atomic E-state index is -0.378. The van der Waals surface area contributed by atoms with E-state index in [1.807, 2.05) is 30.0 Å². The zero-order chi connectivity index (χ0) is 24.4. The highest BCUT2D eigenvalue weighted by Gasteiger charge is 2.19. The molecule has 0 unspecified atom stereocenters. The third kappa shape index (κ3) is 4.87. The number of aromatic nitrogens is 4. The molecule has 4 aromatic rings. The number of nitrogens with one attached hydrogen (secondary N) is 2. The van der Waals surface area contributed by atoms with Crippen molar-refractivity contribution in [3.05, 3.63) is 60.0 Å². The smallest absolute Gasteiger partial charge is 0.229 e. The lowest BCUT2D eigenvalue weighted by Gasteiger charge is -2.27. The van der Waals surface area contributed by atoms with Crippen LogP contribution in [0, 0.1) is 12.7 Å². The predicted octanol–water partition coefficient (Wildman–Crippen LogP) is 4.07. The molecule has 2 N–H and O–H groups in total. The van der Waals surface area contributed by atoms with Gasteiger partial charge in [-0.25, -0.2) is 9.37 Å². The van der Waals surface area contributed by atoms with E-state index in [1.165, 1.54) is 19.1 Å². The fourth-order valence-corrected chi connectivity index (χ4v) is 4.02. The highest BCUT2D eigenvalue weighted by atomic mass is 19.1. The van der Waals surface area contributed by atoms with Crippen molar-refractivity contribution in [2.45, 2.75) is 13.8 Å². The lowest BCUT2D eigenvalue weighted by Crippen LogP contribution is -2.37. The van der Waals surface area contributed by atoms with Gasteiger partial charge in [0.25, 0.3) is 0 Å². The predicted molar refractivity (Wildman–Crippen MR) is 132 cm³/mol. The normalized spacial score (nSPS) is 13.6. The molecule has 10 heteroatoms. The van der Waals surface area contributed by atoms with Gasteiger partial charge in [0.1, 0.15) is 17.5 Å². The highest BCUT2D eigenvalue weighted by Crippen LogP contribution is 2.35. The number of rotatable bonds is 5. The number of carbonyl (C=O) groups is 1. The molecule has 1 saturated heterocycles. The van der Waals surface area contributed by atoms with Crippen molar-refractivity contribution in [3.63, 3.8) is 0 Å². The summed E-state index contributed by atoms with van der Waals surface area (Å²) in [5, 5.41) is 6.87. The summed E-state index contributed by atoms with van der Waals surface area (Å²) in [6.45, 7) is 5.79. The molecule has 35 heavy (non-hydrogen) atoms. The van der Waals surface area contributed by atoms with Crippen LogP contribution in [0.2, 0.25) is 0 Å². The SMILES string of the molecule is CC(=O)Nc1cc(Nc2c(C)c(-c3ccccn3)nc3cc(F)ccc23)nc(N2CCOCC2)n1. The quantitative estimate of drug-likeness (QED) is 0.447. The van der Waals surface area contributed by atoms with Crippen LogP contribution in [-0.4, -0.2) is 52.1 Å². The number of halogens is 1. The molecule has 178 valence electrons. The van der Waals surface area contributed by atoms with E-state index in [2.05, 4.69) is 20.6 Å². The standard InChI is InChI=1S/C25H24FN7O2/c1-15-23(18-7-6-17(26)13-20(18)29-24(15)19-5-3-4-8-27-19)30-22-14-21(28-16(2)34)31-25(32-22)33-9-11-35-12-10-33/h3-8,13-14H,9-12H2,1-2H3,(H2,28,29,30,31,32,34). The molecule has 4 heterocycles. The molecule has 5 rings (SSSR count). The second-order valence-corrected chi connectivity index (χ2v) is 8.18. The average molecular weight is 474 g/mol. The van der Waals surface area contributed by atoms with Gasteiger partial charge in [0.05, 0.1) is 35.8 Å². The Morgan fingerprint density at radius 1 is 1.06 bits per heavy atom. The number of pyridine rings is 2. The van der Waals surface area contributed by atoms with Crippen molar-refractivity contribution in [3.8, 4) is 11.4 Å². The zero-order valence-electron chi connectivity index (χ0n) is 19.4. The van der Waals surface area contributed by atoms with Crippen molar-refractivity contribution in [2.24, 2.45) is 0 Å². The van der Waals surface area contributed by atoms with E-state index in [0.717, 1.165) is 16.6 Å². The summed E-state index contributed by atoms with van der Waals surface area (Å²) in [6, 6.07) is 11.7. The molecule has 0 bridgehead atoms. The molecule has 1 aliphatic rings. The van der Waals surface area contributed by atoms with Crippen LogP contribution in [0.15, 0.2) is 48.7 Å². The van der Waals surface area contributed by atoms with Gasteiger partial charge in [-0.3, -0.25) is 9.78 Å². The first kappa shape index (κ1) is 22.6. The number of ether oxygens (including phenoxy) is 1. The number of carbonyl (C=O) groups excluding carboxylic acids is 1. The molecule has 3 aromatic heterocycles.